The van der Waals surface area contributed by atoms with Gasteiger partial charge in [-0.15, -0.1) is 0 Å². The van der Waals surface area contributed by atoms with E-state index in [0.29, 0.717) is 18.6 Å². The van der Waals surface area contributed by atoms with Gasteiger partial charge in [0.25, 0.3) is 0 Å². The standard InChI is InChI=1S/C23H22O4/c1-2-17(19-12-8-13-20(22(19)24)23(25)26)18-11-6-7-14-21(18)27-15-16-9-4-3-5-10-16/h3-14,17,24H,2,15H2,1H3,(H,25,26). The highest BCUT2D eigenvalue weighted by molar-refractivity contribution is 5.91. The van der Waals surface area contributed by atoms with Gasteiger partial charge in [0.1, 0.15) is 23.7 Å². The van der Waals surface area contributed by atoms with Crippen LogP contribution in [-0.4, -0.2) is 16.2 Å². The number of para-hydroxylation sites is 2. The van der Waals surface area contributed by atoms with Crippen LogP contribution in [0.4, 0.5) is 0 Å². The highest BCUT2D eigenvalue weighted by Crippen LogP contribution is 2.39. The zero-order chi connectivity index (χ0) is 19.2. The molecule has 3 aromatic carbocycles. The Labute approximate surface area is 158 Å². The van der Waals surface area contributed by atoms with Crippen molar-refractivity contribution in [1.82, 2.24) is 0 Å². The molecule has 0 aliphatic carbocycles. The van der Waals surface area contributed by atoms with Crippen molar-refractivity contribution < 1.29 is 19.7 Å². The van der Waals surface area contributed by atoms with Crippen molar-refractivity contribution in [3.05, 3.63) is 95.1 Å². The van der Waals surface area contributed by atoms with Crippen LogP contribution in [0.1, 0.15) is 46.3 Å². The molecule has 0 bridgehead atoms. The summed E-state index contributed by atoms with van der Waals surface area (Å²) in [5.41, 5.74) is 2.49. The summed E-state index contributed by atoms with van der Waals surface area (Å²) in [4.78, 5) is 11.4. The lowest BCUT2D eigenvalue weighted by Crippen LogP contribution is -2.07. The second-order valence-corrected chi connectivity index (χ2v) is 6.32. The summed E-state index contributed by atoms with van der Waals surface area (Å²) < 4.78 is 6.05. The van der Waals surface area contributed by atoms with Crippen LogP contribution in [0.5, 0.6) is 11.5 Å². The summed E-state index contributed by atoms with van der Waals surface area (Å²) in [5.74, 6) is -0.767. The Kier molecular flexibility index (Phi) is 5.77. The number of ether oxygens (including phenoxy) is 1. The topological polar surface area (TPSA) is 66.8 Å². The lowest BCUT2D eigenvalue weighted by molar-refractivity contribution is 0.0693. The van der Waals surface area contributed by atoms with Crippen molar-refractivity contribution in [3.8, 4) is 11.5 Å². The van der Waals surface area contributed by atoms with E-state index in [4.69, 9.17) is 4.74 Å². The highest BCUT2D eigenvalue weighted by Gasteiger charge is 2.22. The van der Waals surface area contributed by atoms with Crippen LogP contribution in [-0.2, 0) is 6.61 Å². The number of aromatic carboxylic acids is 1. The first kappa shape index (κ1) is 18.5. The van der Waals surface area contributed by atoms with Gasteiger partial charge in [-0.05, 0) is 24.1 Å². The number of aromatic hydroxyl groups is 1. The maximum Gasteiger partial charge on any atom is 0.339 e. The van der Waals surface area contributed by atoms with Crippen molar-refractivity contribution >= 4 is 5.97 Å². The summed E-state index contributed by atoms with van der Waals surface area (Å²) in [7, 11) is 0. The minimum atomic E-state index is -1.14. The molecular formula is C23H22O4. The number of rotatable bonds is 7. The molecule has 0 spiro atoms. The van der Waals surface area contributed by atoms with E-state index >= 15 is 0 Å². The number of hydrogen-bond acceptors (Lipinski definition) is 3. The minimum Gasteiger partial charge on any atom is -0.507 e. The van der Waals surface area contributed by atoms with E-state index in [0.717, 1.165) is 16.9 Å². The van der Waals surface area contributed by atoms with Gasteiger partial charge in [-0.25, -0.2) is 4.79 Å². The Morgan fingerprint density at radius 2 is 1.59 bits per heavy atom. The van der Waals surface area contributed by atoms with E-state index in [-0.39, 0.29) is 17.2 Å². The molecule has 0 saturated carbocycles. The molecule has 138 valence electrons. The Balaban J connectivity index is 1.95. The molecule has 27 heavy (non-hydrogen) atoms. The fraction of sp³-hybridized carbons (Fsp3) is 0.174. The third-order valence-corrected chi connectivity index (χ3v) is 4.61. The van der Waals surface area contributed by atoms with Crippen LogP contribution < -0.4 is 4.74 Å². The summed E-state index contributed by atoms with van der Waals surface area (Å²) in [5, 5.41) is 19.8. The molecule has 2 N–H and O–H groups in total. The van der Waals surface area contributed by atoms with Crippen molar-refractivity contribution in [1.29, 1.82) is 0 Å². The first-order chi connectivity index (χ1) is 13.1. The molecule has 3 aromatic rings. The molecule has 0 aliphatic rings. The first-order valence-corrected chi connectivity index (χ1v) is 8.92. The summed E-state index contributed by atoms with van der Waals surface area (Å²) in [6.45, 7) is 2.45. The smallest absolute Gasteiger partial charge is 0.339 e. The Morgan fingerprint density at radius 1 is 0.926 bits per heavy atom. The first-order valence-electron chi connectivity index (χ1n) is 8.92. The Bertz CT molecular complexity index is 919. The van der Waals surface area contributed by atoms with Gasteiger partial charge in [0.15, 0.2) is 0 Å². The Hall–Kier alpha value is -3.27. The fourth-order valence-electron chi connectivity index (χ4n) is 3.26. The molecule has 0 amide bonds. The molecule has 0 saturated heterocycles. The lowest BCUT2D eigenvalue weighted by atomic mass is 9.87. The second-order valence-electron chi connectivity index (χ2n) is 6.32. The van der Waals surface area contributed by atoms with Crippen LogP contribution in [0.25, 0.3) is 0 Å². The third kappa shape index (κ3) is 4.11. The van der Waals surface area contributed by atoms with Gasteiger partial charge in [-0.1, -0.05) is 67.6 Å². The number of carboxylic acids is 1. The van der Waals surface area contributed by atoms with E-state index < -0.39 is 5.97 Å². The number of hydrogen-bond donors (Lipinski definition) is 2. The molecular weight excluding hydrogens is 340 g/mol. The van der Waals surface area contributed by atoms with Gasteiger partial charge in [0, 0.05) is 17.0 Å². The number of carbonyl (C=O) groups is 1. The molecule has 4 heteroatoms. The third-order valence-electron chi connectivity index (χ3n) is 4.61. The van der Waals surface area contributed by atoms with Gasteiger partial charge in [-0.2, -0.15) is 0 Å². The molecule has 4 nitrogen and oxygen atoms in total. The average molecular weight is 362 g/mol. The quantitative estimate of drug-likeness (QED) is 0.605. The second kappa shape index (κ2) is 8.41. The molecule has 3 rings (SSSR count). The number of carboxylic acid groups (broad SMARTS) is 1. The van der Waals surface area contributed by atoms with Crippen LogP contribution in [0.15, 0.2) is 72.8 Å². The maximum atomic E-state index is 11.4. The van der Waals surface area contributed by atoms with Gasteiger partial charge in [-0.3, -0.25) is 0 Å². The average Bonchev–Trinajstić information content (AvgIpc) is 2.69. The van der Waals surface area contributed by atoms with Crippen molar-refractivity contribution in [2.45, 2.75) is 25.9 Å². The molecule has 1 atom stereocenters. The fourth-order valence-corrected chi connectivity index (χ4v) is 3.26. The molecule has 0 aliphatic heterocycles. The molecule has 0 heterocycles. The van der Waals surface area contributed by atoms with Gasteiger partial charge >= 0.3 is 5.97 Å². The monoisotopic (exact) mass is 362 g/mol. The van der Waals surface area contributed by atoms with Gasteiger partial charge in [0.05, 0.1) is 0 Å². The lowest BCUT2D eigenvalue weighted by Gasteiger charge is -2.21. The van der Waals surface area contributed by atoms with E-state index in [1.807, 2.05) is 61.5 Å². The SMILES string of the molecule is CCC(c1ccccc1OCc1ccccc1)c1cccc(C(=O)O)c1O. The van der Waals surface area contributed by atoms with E-state index in [1.165, 1.54) is 6.07 Å². The van der Waals surface area contributed by atoms with Crippen LogP contribution >= 0.6 is 0 Å². The van der Waals surface area contributed by atoms with E-state index in [2.05, 4.69) is 0 Å². The van der Waals surface area contributed by atoms with E-state index in [1.54, 1.807) is 12.1 Å². The molecule has 1 unspecified atom stereocenters. The molecule has 0 fully saturated rings. The van der Waals surface area contributed by atoms with E-state index in [9.17, 15) is 15.0 Å². The van der Waals surface area contributed by atoms with Crippen LogP contribution in [0, 0.1) is 0 Å². The molecule has 0 aromatic heterocycles. The minimum absolute atomic E-state index is 0.0892. The van der Waals surface area contributed by atoms with Gasteiger partial charge in [0.2, 0.25) is 0 Å². The summed E-state index contributed by atoms with van der Waals surface area (Å²) in [6.07, 6.45) is 0.697. The van der Waals surface area contributed by atoms with Crippen molar-refractivity contribution in [2.24, 2.45) is 0 Å². The number of benzene rings is 3. The zero-order valence-corrected chi connectivity index (χ0v) is 15.1. The summed E-state index contributed by atoms with van der Waals surface area (Å²) >= 11 is 0. The summed E-state index contributed by atoms with van der Waals surface area (Å²) in [6, 6.07) is 22.4. The molecule has 0 radical (unpaired) electrons. The number of phenols is 1. The predicted molar refractivity (Wildman–Crippen MR) is 104 cm³/mol. The van der Waals surface area contributed by atoms with Crippen molar-refractivity contribution in [3.63, 3.8) is 0 Å². The van der Waals surface area contributed by atoms with Crippen molar-refractivity contribution in [2.75, 3.05) is 0 Å². The predicted octanol–water partition coefficient (Wildman–Crippen LogP) is 5.21. The van der Waals surface area contributed by atoms with Crippen LogP contribution in [0.3, 0.4) is 0 Å². The maximum absolute atomic E-state index is 11.4. The van der Waals surface area contributed by atoms with Crippen LogP contribution in [0.2, 0.25) is 0 Å². The Morgan fingerprint density at radius 3 is 2.30 bits per heavy atom. The normalized spacial score (nSPS) is 11.7. The highest BCUT2D eigenvalue weighted by atomic mass is 16.5. The van der Waals surface area contributed by atoms with Gasteiger partial charge < -0.3 is 14.9 Å². The largest absolute Gasteiger partial charge is 0.507 e. The zero-order valence-electron chi connectivity index (χ0n) is 15.1.